The molecule has 0 saturated carbocycles. The van der Waals surface area contributed by atoms with E-state index in [1.54, 1.807) is 18.2 Å². The van der Waals surface area contributed by atoms with E-state index < -0.39 is 17.9 Å². The van der Waals surface area contributed by atoms with E-state index in [-0.39, 0.29) is 31.8 Å². The van der Waals surface area contributed by atoms with Crippen molar-refractivity contribution >= 4 is 11.9 Å². The first-order chi connectivity index (χ1) is 16.0. The molecule has 1 amide bonds. The maximum Gasteiger partial charge on any atom is 0.309 e. The molecule has 1 aromatic rings. The van der Waals surface area contributed by atoms with E-state index in [9.17, 15) is 19.8 Å². The minimum Gasteiger partial charge on any atom is -0.481 e. The highest BCUT2D eigenvalue weighted by Crippen LogP contribution is 2.42. The first kappa shape index (κ1) is 25.1. The number of ether oxygens (including phenoxy) is 2. The lowest BCUT2D eigenvalue weighted by Gasteiger charge is -2.28. The predicted octanol–water partition coefficient (Wildman–Crippen LogP) is 2.86. The van der Waals surface area contributed by atoms with Crippen LogP contribution >= 0.6 is 0 Å². The Morgan fingerprint density at radius 2 is 1.85 bits per heavy atom. The van der Waals surface area contributed by atoms with Crippen molar-refractivity contribution in [3.05, 3.63) is 35.9 Å². The smallest absolute Gasteiger partial charge is 0.309 e. The van der Waals surface area contributed by atoms with Crippen LogP contribution in [0, 0.1) is 5.92 Å². The summed E-state index contributed by atoms with van der Waals surface area (Å²) in [5.74, 6) is -0.712. The molecule has 8 nitrogen and oxygen atoms in total. The third-order valence-corrected chi connectivity index (χ3v) is 6.46. The fourth-order valence-corrected chi connectivity index (χ4v) is 4.67. The van der Waals surface area contributed by atoms with Gasteiger partial charge >= 0.3 is 5.97 Å². The van der Waals surface area contributed by atoms with Crippen molar-refractivity contribution in [2.24, 2.45) is 5.92 Å². The number of hydrogen-bond donors (Lipinski definition) is 2. The van der Waals surface area contributed by atoms with Crippen molar-refractivity contribution in [1.82, 2.24) is 9.80 Å². The van der Waals surface area contributed by atoms with Gasteiger partial charge < -0.3 is 24.6 Å². The molecule has 182 valence electrons. The van der Waals surface area contributed by atoms with Crippen molar-refractivity contribution in [2.45, 2.75) is 51.5 Å². The van der Waals surface area contributed by atoms with Crippen molar-refractivity contribution in [3.8, 4) is 11.5 Å². The topological polar surface area (TPSA) is 99.5 Å². The van der Waals surface area contributed by atoms with E-state index in [4.69, 9.17) is 9.47 Å². The standard InChI is InChI=1S/C25H36N2O6/c1-3-5-11-26(12-6-4-2)23(29)16-27-15-19(24(25(30)31)20(27)8-7-13-28)18-9-10-21-22(14-18)33-17-32-21/h7-10,14,19-20,24,28H,3-6,11-13,15-17H2,1-2H3,(H,30,31)/b8-7+. The molecule has 8 heteroatoms. The summed E-state index contributed by atoms with van der Waals surface area (Å²) < 4.78 is 10.9. The van der Waals surface area contributed by atoms with Gasteiger partial charge in [-0.2, -0.15) is 0 Å². The molecule has 2 N–H and O–H groups in total. The zero-order valence-electron chi connectivity index (χ0n) is 19.6. The van der Waals surface area contributed by atoms with Crippen molar-refractivity contribution in [1.29, 1.82) is 0 Å². The van der Waals surface area contributed by atoms with Crippen LogP contribution < -0.4 is 9.47 Å². The molecule has 3 atom stereocenters. The van der Waals surface area contributed by atoms with Crippen LogP contribution in [0.2, 0.25) is 0 Å². The summed E-state index contributed by atoms with van der Waals surface area (Å²) in [6.07, 6.45) is 7.19. The van der Waals surface area contributed by atoms with Crippen LogP contribution in [0.25, 0.3) is 0 Å². The van der Waals surface area contributed by atoms with Crippen molar-refractivity contribution in [3.63, 3.8) is 0 Å². The third-order valence-electron chi connectivity index (χ3n) is 6.46. The number of carboxylic acids is 1. The van der Waals surface area contributed by atoms with E-state index in [1.165, 1.54) is 0 Å². The number of benzene rings is 1. The lowest BCUT2D eigenvalue weighted by Crippen LogP contribution is -2.44. The number of amides is 1. The van der Waals surface area contributed by atoms with E-state index in [2.05, 4.69) is 13.8 Å². The average molecular weight is 461 g/mol. The lowest BCUT2D eigenvalue weighted by molar-refractivity contribution is -0.143. The molecular weight excluding hydrogens is 424 g/mol. The van der Waals surface area contributed by atoms with E-state index >= 15 is 0 Å². The van der Waals surface area contributed by atoms with Crippen LogP contribution in [0.1, 0.15) is 51.0 Å². The second kappa shape index (κ2) is 12.0. The highest BCUT2D eigenvalue weighted by Gasteiger charge is 2.46. The summed E-state index contributed by atoms with van der Waals surface area (Å²) in [4.78, 5) is 29.4. The highest BCUT2D eigenvalue weighted by atomic mass is 16.7. The number of fused-ring (bicyclic) bond motifs is 1. The number of rotatable bonds is 12. The van der Waals surface area contributed by atoms with Crippen LogP contribution in [0.15, 0.2) is 30.4 Å². The molecular formula is C25H36N2O6. The molecule has 2 aliphatic heterocycles. The number of hydrogen-bond acceptors (Lipinski definition) is 6. The van der Waals surface area contributed by atoms with Gasteiger partial charge in [-0.1, -0.05) is 44.9 Å². The number of carboxylic acid groups (broad SMARTS) is 1. The highest BCUT2D eigenvalue weighted by molar-refractivity contribution is 5.79. The van der Waals surface area contributed by atoms with Gasteiger partial charge in [-0.25, -0.2) is 0 Å². The monoisotopic (exact) mass is 460 g/mol. The lowest BCUT2D eigenvalue weighted by atomic mass is 9.85. The fourth-order valence-electron chi connectivity index (χ4n) is 4.67. The summed E-state index contributed by atoms with van der Waals surface area (Å²) in [5, 5.41) is 19.5. The van der Waals surface area contributed by atoms with Crippen molar-refractivity contribution < 1.29 is 29.3 Å². The Hall–Kier alpha value is -2.58. The van der Waals surface area contributed by atoms with E-state index in [1.807, 2.05) is 21.9 Å². The number of likely N-dealkylation sites (tertiary alicyclic amines) is 1. The number of aliphatic hydroxyl groups excluding tert-OH is 1. The average Bonchev–Trinajstić information content (AvgIpc) is 3.41. The largest absolute Gasteiger partial charge is 0.481 e. The number of carbonyl (C=O) groups is 2. The van der Waals surface area contributed by atoms with Crippen LogP contribution in [0.3, 0.4) is 0 Å². The molecule has 2 aliphatic rings. The summed E-state index contributed by atoms with van der Waals surface area (Å²) in [6.45, 7) is 6.19. The third kappa shape index (κ3) is 6.06. The molecule has 0 aromatic heterocycles. The summed E-state index contributed by atoms with van der Waals surface area (Å²) >= 11 is 0. The minimum absolute atomic E-state index is 0.0229. The van der Waals surface area contributed by atoms with E-state index in [0.717, 1.165) is 31.2 Å². The maximum absolute atomic E-state index is 13.2. The molecule has 1 aromatic carbocycles. The molecule has 3 rings (SSSR count). The zero-order chi connectivity index (χ0) is 23.8. The Bertz CT molecular complexity index is 834. The van der Waals surface area contributed by atoms with Crippen molar-refractivity contribution in [2.75, 3.05) is 39.6 Å². The summed E-state index contributed by atoms with van der Waals surface area (Å²) in [6, 6.07) is 5.03. The minimum atomic E-state index is -0.922. The van der Waals surface area contributed by atoms with Gasteiger partial charge in [-0.15, -0.1) is 0 Å². The Morgan fingerprint density at radius 1 is 1.15 bits per heavy atom. The van der Waals surface area contributed by atoms with Gasteiger partial charge in [-0.05, 0) is 30.5 Å². The van der Waals surface area contributed by atoms with Gasteiger partial charge in [-0.3, -0.25) is 14.5 Å². The fraction of sp³-hybridized carbons (Fsp3) is 0.600. The molecule has 0 aliphatic carbocycles. The quantitative estimate of drug-likeness (QED) is 0.463. The second-order valence-corrected chi connectivity index (χ2v) is 8.70. The van der Waals surface area contributed by atoms with Crippen LogP contribution in [0.4, 0.5) is 0 Å². The molecule has 0 spiro atoms. The normalized spacial score (nSPS) is 22.2. The van der Waals surface area contributed by atoms with Crippen LogP contribution in [0.5, 0.6) is 11.5 Å². The summed E-state index contributed by atoms with van der Waals surface area (Å²) in [7, 11) is 0. The summed E-state index contributed by atoms with van der Waals surface area (Å²) in [5.41, 5.74) is 0.845. The number of aliphatic carboxylic acids is 1. The first-order valence-corrected chi connectivity index (χ1v) is 11.9. The van der Waals surface area contributed by atoms with Gasteiger partial charge in [0.2, 0.25) is 12.7 Å². The van der Waals surface area contributed by atoms with Gasteiger partial charge in [0.05, 0.1) is 19.1 Å². The molecule has 0 radical (unpaired) electrons. The van der Waals surface area contributed by atoms with E-state index in [0.29, 0.717) is 31.1 Å². The zero-order valence-corrected chi connectivity index (χ0v) is 19.6. The Kier molecular flexibility index (Phi) is 9.14. The molecule has 33 heavy (non-hydrogen) atoms. The number of nitrogens with zero attached hydrogens (tertiary/aromatic N) is 2. The Morgan fingerprint density at radius 3 is 2.48 bits per heavy atom. The Labute approximate surface area is 195 Å². The number of unbranched alkanes of at least 4 members (excludes halogenated alkanes) is 2. The van der Waals surface area contributed by atoms with Gasteiger partial charge in [0.15, 0.2) is 11.5 Å². The van der Waals surface area contributed by atoms with Crippen LogP contribution in [-0.2, 0) is 9.59 Å². The number of carbonyl (C=O) groups excluding carboxylic acids is 1. The van der Waals surface area contributed by atoms with Gasteiger partial charge in [0.25, 0.3) is 0 Å². The molecule has 2 heterocycles. The number of aliphatic hydroxyl groups is 1. The van der Waals surface area contributed by atoms with Gasteiger partial charge in [0, 0.05) is 31.6 Å². The molecule has 1 saturated heterocycles. The molecule has 3 unspecified atom stereocenters. The SMILES string of the molecule is CCCCN(CCCC)C(=O)CN1CC(c2ccc3c(c2)OCO3)C(C(=O)O)C1/C=C/CO. The second-order valence-electron chi connectivity index (χ2n) is 8.70. The predicted molar refractivity (Wildman–Crippen MR) is 124 cm³/mol. The molecule has 0 bridgehead atoms. The van der Waals surface area contributed by atoms with Gasteiger partial charge in [0.1, 0.15) is 0 Å². The first-order valence-electron chi connectivity index (χ1n) is 11.9. The maximum atomic E-state index is 13.2. The molecule has 1 fully saturated rings. The Balaban J connectivity index is 1.85. The van der Waals surface area contributed by atoms with Crippen LogP contribution in [-0.4, -0.2) is 77.5 Å².